The highest BCUT2D eigenvalue weighted by atomic mass is 32.2. The number of Topliss-reactive ketones (excluding diaryl/α,β-unsaturated/α-hetero) is 1. The quantitative estimate of drug-likeness (QED) is 0.416. The fourth-order valence-electron chi connectivity index (χ4n) is 2.34. The molecule has 0 saturated carbocycles. The Labute approximate surface area is 167 Å². The van der Waals surface area contributed by atoms with Crippen LogP contribution < -0.4 is 0 Å². The molecule has 5 nitrogen and oxygen atoms in total. The Hall–Kier alpha value is -3.02. The van der Waals surface area contributed by atoms with Crippen molar-refractivity contribution in [3.8, 4) is 11.4 Å². The van der Waals surface area contributed by atoms with Crippen molar-refractivity contribution in [3.05, 3.63) is 65.5 Å². The number of ketones is 1. The van der Waals surface area contributed by atoms with Crippen molar-refractivity contribution in [1.29, 1.82) is 0 Å². The lowest BCUT2D eigenvalue weighted by Gasteiger charge is -2.07. The van der Waals surface area contributed by atoms with E-state index in [0.717, 1.165) is 24.3 Å². The van der Waals surface area contributed by atoms with Gasteiger partial charge < -0.3 is 4.52 Å². The summed E-state index contributed by atoms with van der Waals surface area (Å²) >= 11 is 0. The first kappa shape index (κ1) is 21.7. The molecule has 12 heteroatoms. The minimum Gasteiger partial charge on any atom is -0.329 e. The molecule has 0 spiro atoms. The van der Waals surface area contributed by atoms with E-state index in [0.29, 0.717) is 0 Å². The van der Waals surface area contributed by atoms with Gasteiger partial charge in [0, 0.05) is 16.0 Å². The van der Waals surface area contributed by atoms with Gasteiger partial charge in [-0.15, -0.1) is 0 Å². The molecule has 3 aromatic rings. The molecule has 1 atom stereocenters. The highest BCUT2D eigenvalue weighted by Crippen LogP contribution is 2.30. The Balaban J connectivity index is 1.68. The zero-order valence-corrected chi connectivity index (χ0v) is 15.4. The lowest BCUT2D eigenvalue weighted by atomic mass is 10.1. The van der Waals surface area contributed by atoms with E-state index in [9.17, 15) is 35.3 Å². The third-order valence-corrected chi connectivity index (χ3v) is 5.16. The fourth-order valence-corrected chi connectivity index (χ4v) is 3.35. The van der Waals surface area contributed by atoms with Gasteiger partial charge in [-0.05, 0) is 24.3 Å². The van der Waals surface area contributed by atoms with Gasteiger partial charge in [-0.1, -0.05) is 29.4 Å². The summed E-state index contributed by atoms with van der Waals surface area (Å²) in [4.78, 5) is 15.5. The molecule has 0 radical (unpaired) electrons. The zero-order valence-electron chi connectivity index (χ0n) is 14.6. The van der Waals surface area contributed by atoms with Crippen LogP contribution in [-0.2, 0) is 23.2 Å². The van der Waals surface area contributed by atoms with Crippen LogP contribution >= 0.6 is 0 Å². The number of alkyl halides is 6. The van der Waals surface area contributed by atoms with Crippen LogP contribution in [-0.4, -0.2) is 25.9 Å². The number of hydrogen-bond donors (Lipinski definition) is 0. The van der Waals surface area contributed by atoms with E-state index in [1.54, 1.807) is 0 Å². The lowest BCUT2D eigenvalue weighted by molar-refractivity contribution is -0.159. The molecular formula is C18H10F6N2O3S. The van der Waals surface area contributed by atoms with Gasteiger partial charge >= 0.3 is 18.2 Å². The second-order valence-electron chi connectivity index (χ2n) is 5.93. The second kappa shape index (κ2) is 8.01. The molecule has 30 heavy (non-hydrogen) atoms. The van der Waals surface area contributed by atoms with Crippen LogP contribution in [0.25, 0.3) is 11.4 Å². The molecular weight excluding hydrogens is 438 g/mol. The summed E-state index contributed by atoms with van der Waals surface area (Å²) in [6.45, 7) is 0. The molecule has 1 heterocycles. The molecule has 0 aliphatic rings. The minimum absolute atomic E-state index is 0.0550. The summed E-state index contributed by atoms with van der Waals surface area (Å²) in [6, 6.07) is 8.75. The normalized spacial score (nSPS) is 13.3. The van der Waals surface area contributed by atoms with E-state index in [1.165, 1.54) is 24.3 Å². The molecule has 1 unspecified atom stereocenters. The first-order chi connectivity index (χ1) is 13.9. The number of nitrogens with zero attached hydrogens (tertiary/aromatic N) is 2. The number of benzene rings is 2. The molecule has 0 aliphatic heterocycles. The van der Waals surface area contributed by atoms with Crippen LogP contribution in [0, 0.1) is 0 Å². The number of hydrogen-bond acceptors (Lipinski definition) is 5. The van der Waals surface area contributed by atoms with Crippen molar-refractivity contribution in [2.45, 2.75) is 17.2 Å². The second-order valence-corrected chi connectivity index (χ2v) is 7.38. The van der Waals surface area contributed by atoms with Gasteiger partial charge in [0.2, 0.25) is 5.82 Å². The van der Waals surface area contributed by atoms with E-state index < -0.39 is 46.1 Å². The molecule has 0 saturated heterocycles. The number of rotatable bonds is 5. The van der Waals surface area contributed by atoms with Crippen LogP contribution in [0.15, 0.2) is 57.9 Å². The number of aromatic nitrogens is 2. The molecule has 0 amide bonds. The molecule has 1 aromatic heterocycles. The third-order valence-electron chi connectivity index (χ3n) is 3.84. The Morgan fingerprint density at radius 1 is 0.900 bits per heavy atom. The van der Waals surface area contributed by atoms with Crippen LogP contribution in [0.3, 0.4) is 0 Å². The fraction of sp³-hybridized carbons (Fsp3) is 0.167. The smallest absolute Gasteiger partial charge is 0.329 e. The summed E-state index contributed by atoms with van der Waals surface area (Å²) in [5, 5.41) is 3.22. The summed E-state index contributed by atoms with van der Waals surface area (Å²) < 4.78 is 91.6. The van der Waals surface area contributed by atoms with Crippen molar-refractivity contribution in [3.63, 3.8) is 0 Å². The van der Waals surface area contributed by atoms with E-state index >= 15 is 0 Å². The van der Waals surface area contributed by atoms with Gasteiger partial charge in [-0.2, -0.15) is 31.3 Å². The van der Waals surface area contributed by atoms with Crippen LogP contribution in [0.4, 0.5) is 26.3 Å². The molecule has 158 valence electrons. The van der Waals surface area contributed by atoms with Gasteiger partial charge in [0.05, 0.1) is 22.1 Å². The van der Waals surface area contributed by atoms with Gasteiger partial charge in [-0.3, -0.25) is 9.00 Å². The number of halogens is 6. The molecule has 2 aromatic carbocycles. The Kier molecular flexibility index (Phi) is 5.79. The van der Waals surface area contributed by atoms with E-state index in [2.05, 4.69) is 14.7 Å². The topological polar surface area (TPSA) is 73.1 Å². The SMILES string of the molecule is O=C(CS(=O)c1ccc(C(F)(F)F)cc1)c1ccc(-c2noc(C(F)(F)F)n2)cc1. The summed E-state index contributed by atoms with van der Waals surface area (Å²) in [6.07, 6.45) is -9.32. The molecule has 3 rings (SSSR count). The standard InChI is InChI=1S/C18H10F6N2O3S/c19-17(20,21)12-5-7-13(8-6-12)30(28)9-14(27)10-1-3-11(4-2-10)15-25-16(29-26-15)18(22,23)24/h1-8H,9H2. The highest BCUT2D eigenvalue weighted by molar-refractivity contribution is 7.85. The van der Waals surface area contributed by atoms with Crippen molar-refractivity contribution >= 4 is 16.6 Å². The third kappa shape index (κ3) is 4.93. The maximum atomic E-state index is 12.6. The predicted molar refractivity (Wildman–Crippen MR) is 91.8 cm³/mol. The van der Waals surface area contributed by atoms with Crippen LogP contribution in [0.1, 0.15) is 21.8 Å². The molecule has 0 fully saturated rings. The first-order valence-corrected chi connectivity index (χ1v) is 9.37. The van der Waals surface area contributed by atoms with E-state index in [4.69, 9.17) is 0 Å². The van der Waals surface area contributed by atoms with Crippen LogP contribution in [0.2, 0.25) is 0 Å². The van der Waals surface area contributed by atoms with Crippen LogP contribution in [0.5, 0.6) is 0 Å². The van der Waals surface area contributed by atoms with Crippen molar-refractivity contribution < 1.29 is 39.9 Å². The van der Waals surface area contributed by atoms with Gasteiger partial charge in [0.15, 0.2) is 5.78 Å². The average molecular weight is 448 g/mol. The number of carbonyl (C=O) groups excluding carboxylic acids is 1. The lowest BCUT2D eigenvalue weighted by Crippen LogP contribution is -2.11. The monoisotopic (exact) mass is 448 g/mol. The largest absolute Gasteiger partial charge is 0.471 e. The summed E-state index contributed by atoms with van der Waals surface area (Å²) in [5.74, 6) is -2.88. The maximum Gasteiger partial charge on any atom is 0.471 e. The predicted octanol–water partition coefficient (Wildman–Crippen LogP) is 4.76. The maximum absolute atomic E-state index is 12.6. The van der Waals surface area contributed by atoms with Gasteiger partial charge in [0.1, 0.15) is 0 Å². The average Bonchev–Trinajstić information content (AvgIpc) is 3.18. The Morgan fingerprint density at radius 3 is 2.00 bits per heavy atom. The first-order valence-electron chi connectivity index (χ1n) is 8.05. The number of carbonyl (C=O) groups is 1. The van der Waals surface area contributed by atoms with Crippen molar-refractivity contribution in [1.82, 2.24) is 10.1 Å². The summed E-state index contributed by atoms with van der Waals surface area (Å²) in [7, 11) is -1.88. The van der Waals surface area contributed by atoms with Gasteiger partial charge in [0.25, 0.3) is 0 Å². The molecule has 0 aliphatic carbocycles. The Bertz CT molecular complexity index is 1070. The van der Waals surface area contributed by atoms with Crippen molar-refractivity contribution in [2.75, 3.05) is 5.75 Å². The molecule has 0 N–H and O–H groups in total. The summed E-state index contributed by atoms with van der Waals surface area (Å²) in [5.41, 5.74) is -0.631. The minimum atomic E-state index is -4.79. The van der Waals surface area contributed by atoms with Crippen molar-refractivity contribution in [2.24, 2.45) is 0 Å². The Morgan fingerprint density at radius 2 is 1.50 bits per heavy atom. The zero-order chi connectivity index (χ0) is 22.1. The van der Waals surface area contributed by atoms with Gasteiger partial charge in [-0.25, -0.2) is 0 Å². The highest BCUT2D eigenvalue weighted by Gasteiger charge is 2.38. The van der Waals surface area contributed by atoms with E-state index in [-0.39, 0.29) is 21.8 Å². The van der Waals surface area contributed by atoms with E-state index in [1.807, 2.05) is 0 Å². The molecule has 0 bridgehead atoms.